The van der Waals surface area contributed by atoms with Crippen LogP contribution in [0, 0.1) is 12.8 Å². The van der Waals surface area contributed by atoms with Crippen LogP contribution >= 0.6 is 0 Å². The number of carbonyl (C=O) groups excluding carboxylic acids is 1. The van der Waals surface area contributed by atoms with Crippen LogP contribution in [0.2, 0.25) is 0 Å². The van der Waals surface area contributed by atoms with Crippen LogP contribution in [-0.4, -0.2) is 44.4 Å². The predicted molar refractivity (Wildman–Crippen MR) is 85.2 cm³/mol. The van der Waals surface area contributed by atoms with Crippen molar-refractivity contribution in [3.05, 3.63) is 35.8 Å². The lowest BCUT2D eigenvalue weighted by molar-refractivity contribution is -0.145. The van der Waals surface area contributed by atoms with E-state index in [-0.39, 0.29) is 11.8 Å². The van der Waals surface area contributed by atoms with E-state index in [9.17, 15) is 9.59 Å². The Kier molecular flexibility index (Phi) is 4.32. The molecule has 1 aliphatic rings. The zero-order valence-corrected chi connectivity index (χ0v) is 13.2. The van der Waals surface area contributed by atoms with Crippen LogP contribution in [0.15, 0.2) is 24.4 Å². The lowest BCUT2D eigenvalue weighted by Crippen LogP contribution is -2.40. The van der Waals surface area contributed by atoms with Crippen LogP contribution in [0.3, 0.4) is 0 Å². The van der Waals surface area contributed by atoms with Crippen molar-refractivity contribution in [2.75, 3.05) is 13.1 Å². The van der Waals surface area contributed by atoms with Gasteiger partial charge in [0.2, 0.25) is 5.91 Å². The molecule has 6 nitrogen and oxygen atoms in total. The molecule has 23 heavy (non-hydrogen) atoms. The van der Waals surface area contributed by atoms with Crippen LogP contribution in [-0.2, 0) is 16.0 Å². The fourth-order valence-electron chi connectivity index (χ4n) is 3.22. The number of imidazole rings is 1. The third-order valence-corrected chi connectivity index (χ3v) is 4.60. The maximum Gasteiger partial charge on any atom is 0.306 e. The van der Waals surface area contributed by atoms with E-state index in [1.54, 1.807) is 4.90 Å². The Morgan fingerprint density at radius 2 is 2.04 bits per heavy atom. The molecule has 0 radical (unpaired) electrons. The molecule has 1 aliphatic heterocycles. The largest absolute Gasteiger partial charge is 0.481 e. The molecule has 0 aromatic carbocycles. The number of fused-ring (bicyclic) bond motifs is 1. The molecule has 0 aliphatic carbocycles. The van der Waals surface area contributed by atoms with Crippen LogP contribution in [0.1, 0.15) is 30.7 Å². The Bertz CT molecular complexity index is 730. The van der Waals surface area contributed by atoms with Gasteiger partial charge in [0.15, 0.2) is 0 Å². The highest BCUT2D eigenvalue weighted by molar-refractivity contribution is 5.77. The predicted octanol–water partition coefficient (Wildman–Crippen LogP) is 1.90. The highest BCUT2D eigenvalue weighted by Crippen LogP contribution is 2.19. The van der Waals surface area contributed by atoms with Gasteiger partial charge in [-0.15, -0.1) is 0 Å². The zero-order valence-electron chi connectivity index (χ0n) is 13.2. The number of nitrogens with zero attached hydrogens (tertiary/aromatic N) is 3. The molecule has 1 amide bonds. The summed E-state index contributed by atoms with van der Waals surface area (Å²) in [5.74, 6) is -0.961. The summed E-state index contributed by atoms with van der Waals surface area (Å²) >= 11 is 0. The molecule has 0 unspecified atom stereocenters. The van der Waals surface area contributed by atoms with Crippen molar-refractivity contribution < 1.29 is 14.7 Å². The lowest BCUT2D eigenvalue weighted by atomic mass is 9.97. The molecule has 1 fully saturated rings. The van der Waals surface area contributed by atoms with E-state index in [4.69, 9.17) is 5.11 Å². The molecule has 0 saturated carbocycles. The number of carboxylic acid groups (broad SMARTS) is 1. The topological polar surface area (TPSA) is 74.9 Å². The summed E-state index contributed by atoms with van der Waals surface area (Å²) in [5.41, 5.74) is 2.91. The number of carbonyl (C=O) groups is 2. The van der Waals surface area contributed by atoms with Gasteiger partial charge in [0, 0.05) is 31.4 Å². The summed E-state index contributed by atoms with van der Waals surface area (Å²) in [6.07, 6.45) is 4.15. The standard InChI is InChI=1S/C17H21N3O3/c1-12-14(20-9-3-2-4-15(20)18-12)5-6-16(21)19-10-7-13(8-11-19)17(22)23/h2-4,9,13H,5-8,10-11H2,1H3,(H,22,23). The van der Waals surface area contributed by atoms with Crippen molar-refractivity contribution in [1.29, 1.82) is 0 Å². The second-order valence-electron chi connectivity index (χ2n) is 6.07. The highest BCUT2D eigenvalue weighted by Gasteiger charge is 2.26. The summed E-state index contributed by atoms with van der Waals surface area (Å²) in [4.78, 5) is 29.6. The van der Waals surface area contributed by atoms with Crippen molar-refractivity contribution >= 4 is 17.5 Å². The van der Waals surface area contributed by atoms with Gasteiger partial charge in [-0.25, -0.2) is 4.98 Å². The first-order chi connectivity index (χ1) is 11.1. The van der Waals surface area contributed by atoms with Crippen molar-refractivity contribution in [1.82, 2.24) is 14.3 Å². The van der Waals surface area contributed by atoms with E-state index in [0.29, 0.717) is 38.8 Å². The zero-order chi connectivity index (χ0) is 16.4. The fourth-order valence-corrected chi connectivity index (χ4v) is 3.22. The maximum atomic E-state index is 12.4. The first-order valence-electron chi connectivity index (χ1n) is 7.99. The van der Waals surface area contributed by atoms with Gasteiger partial charge in [0.25, 0.3) is 0 Å². The lowest BCUT2D eigenvalue weighted by Gasteiger charge is -2.30. The number of amides is 1. The Morgan fingerprint density at radius 3 is 2.74 bits per heavy atom. The third-order valence-electron chi connectivity index (χ3n) is 4.60. The number of hydrogen-bond donors (Lipinski definition) is 1. The number of rotatable bonds is 4. The van der Waals surface area contributed by atoms with Gasteiger partial charge in [0.1, 0.15) is 5.65 Å². The Balaban J connectivity index is 1.61. The first kappa shape index (κ1) is 15.5. The Hall–Kier alpha value is -2.37. The minimum atomic E-state index is -0.751. The number of pyridine rings is 1. The fraction of sp³-hybridized carbons (Fsp3) is 0.471. The summed E-state index contributed by atoms with van der Waals surface area (Å²) in [7, 11) is 0. The molecular weight excluding hydrogens is 294 g/mol. The van der Waals surface area contributed by atoms with Crippen LogP contribution < -0.4 is 0 Å². The minimum absolute atomic E-state index is 0.0964. The van der Waals surface area contributed by atoms with Gasteiger partial charge in [-0.1, -0.05) is 6.07 Å². The van der Waals surface area contributed by atoms with Crippen LogP contribution in [0.5, 0.6) is 0 Å². The average Bonchev–Trinajstić information content (AvgIpc) is 2.88. The number of likely N-dealkylation sites (tertiary alicyclic amines) is 1. The smallest absolute Gasteiger partial charge is 0.306 e. The molecule has 0 atom stereocenters. The number of carboxylic acids is 1. The number of aryl methyl sites for hydroxylation is 2. The van der Waals surface area contributed by atoms with E-state index < -0.39 is 5.97 Å². The molecule has 2 aromatic rings. The summed E-state index contributed by atoms with van der Waals surface area (Å²) in [6, 6.07) is 5.86. The van der Waals surface area contributed by atoms with Crippen molar-refractivity contribution in [3.8, 4) is 0 Å². The summed E-state index contributed by atoms with van der Waals surface area (Å²) in [5, 5.41) is 9.01. The van der Waals surface area contributed by atoms with Crippen molar-refractivity contribution in [2.24, 2.45) is 5.92 Å². The van der Waals surface area contributed by atoms with Crippen LogP contribution in [0.25, 0.3) is 5.65 Å². The normalized spacial score (nSPS) is 16.0. The number of piperidine rings is 1. The number of aliphatic carboxylic acids is 1. The van der Waals surface area contributed by atoms with Crippen LogP contribution in [0.4, 0.5) is 0 Å². The number of aromatic nitrogens is 2. The van der Waals surface area contributed by atoms with Crippen molar-refractivity contribution in [2.45, 2.75) is 32.6 Å². The first-order valence-corrected chi connectivity index (χ1v) is 7.99. The Morgan fingerprint density at radius 1 is 1.30 bits per heavy atom. The monoisotopic (exact) mass is 315 g/mol. The molecule has 0 bridgehead atoms. The van der Waals surface area contributed by atoms with E-state index >= 15 is 0 Å². The minimum Gasteiger partial charge on any atom is -0.481 e. The Labute approximate surface area is 134 Å². The second-order valence-corrected chi connectivity index (χ2v) is 6.07. The summed E-state index contributed by atoms with van der Waals surface area (Å²) < 4.78 is 2.03. The number of hydrogen-bond acceptors (Lipinski definition) is 3. The SMILES string of the molecule is Cc1nc2ccccn2c1CCC(=O)N1CCC(C(=O)O)CC1. The van der Waals surface area contributed by atoms with Gasteiger partial charge in [-0.3, -0.25) is 9.59 Å². The van der Waals surface area contributed by atoms with Crippen molar-refractivity contribution in [3.63, 3.8) is 0 Å². The molecule has 1 N–H and O–H groups in total. The highest BCUT2D eigenvalue weighted by atomic mass is 16.4. The van der Waals surface area contributed by atoms with E-state index in [0.717, 1.165) is 17.0 Å². The molecule has 122 valence electrons. The summed E-state index contributed by atoms with van der Waals surface area (Å²) in [6.45, 7) is 3.05. The third kappa shape index (κ3) is 3.21. The molecule has 3 rings (SSSR count). The quantitative estimate of drug-likeness (QED) is 0.935. The molecule has 0 spiro atoms. The van der Waals surface area contributed by atoms with E-state index in [1.165, 1.54) is 0 Å². The van der Waals surface area contributed by atoms with Gasteiger partial charge < -0.3 is 14.4 Å². The average molecular weight is 315 g/mol. The molecule has 6 heteroatoms. The molecule has 2 aromatic heterocycles. The van der Waals surface area contributed by atoms with E-state index in [1.807, 2.05) is 35.7 Å². The molecule has 3 heterocycles. The van der Waals surface area contributed by atoms with Gasteiger partial charge in [-0.05, 0) is 38.3 Å². The van der Waals surface area contributed by atoms with Gasteiger partial charge in [-0.2, -0.15) is 0 Å². The molecular formula is C17H21N3O3. The van der Waals surface area contributed by atoms with Gasteiger partial charge >= 0.3 is 5.97 Å². The molecule has 1 saturated heterocycles. The maximum absolute atomic E-state index is 12.4. The van der Waals surface area contributed by atoms with E-state index in [2.05, 4.69) is 4.98 Å². The van der Waals surface area contributed by atoms with Gasteiger partial charge in [0.05, 0.1) is 11.6 Å². The second kappa shape index (κ2) is 6.40.